The fourth-order valence-electron chi connectivity index (χ4n) is 2.20. The van der Waals surface area contributed by atoms with E-state index in [0.717, 1.165) is 31.2 Å². The Labute approximate surface area is 113 Å². The van der Waals surface area contributed by atoms with Crippen LogP contribution in [-0.2, 0) is 13.0 Å². The number of aromatic nitrogens is 3. The maximum Gasteiger partial charge on any atom is 0.138 e. The molecule has 1 saturated carbocycles. The Hall–Kier alpha value is -1.68. The van der Waals surface area contributed by atoms with Gasteiger partial charge in [0.2, 0.25) is 0 Å². The summed E-state index contributed by atoms with van der Waals surface area (Å²) in [4.78, 5) is 8.80. The molecule has 1 fully saturated rings. The third-order valence-electron chi connectivity index (χ3n) is 3.37. The average Bonchev–Trinajstić information content (AvgIpc) is 3.08. The molecular weight excluding hydrogens is 236 g/mol. The molecule has 1 aliphatic carbocycles. The lowest BCUT2D eigenvalue weighted by Crippen LogP contribution is -2.16. The monoisotopic (exact) mass is 256 g/mol. The number of aryl methyl sites for hydroxylation is 1. The Morgan fingerprint density at radius 3 is 2.95 bits per heavy atom. The van der Waals surface area contributed by atoms with Crippen molar-refractivity contribution in [2.75, 3.05) is 0 Å². The molecule has 1 aliphatic rings. The number of pyridine rings is 1. The van der Waals surface area contributed by atoms with Crippen LogP contribution in [0.5, 0.6) is 0 Å². The maximum atomic E-state index is 4.70. The van der Waals surface area contributed by atoms with Crippen LogP contribution in [0.15, 0.2) is 30.9 Å². The van der Waals surface area contributed by atoms with Gasteiger partial charge in [0, 0.05) is 30.7 Å². The van der Waals surface area contributed by atoms with Crippen molar-refractivity contribution in [2.45, 2.75) is 45.2 Å². The molecular formula is C15H20N4. The Bertz CT molecular complexity index is 529. The molecule has 0 atom stereocenters. The van der Waals surface area contributed by atoms with Crippen molar-refractivity contribution in [2.24, 2.45) is 0 Å². The van der Waals surface area contributed by atoms with E-state index in [1.54, 1.807) is 12.5 Å². The maximum absolute atomic E-state index is 4.70. The Morgan fingerprint density at radius 1 is 1.37 bits per heavy atom. The Balaban J connectivity index is 1.84. The molecule has 0 unspecified atom stereocenters. The van der Waals surface area contributed by atoms with Crippen molar-refractivity contribution in [3.8, 4) is 5.82 Å². The van der Waals surface area contributed by atoms with Crippen LogP contribution in [0.2, 0.25) is 0 Å². The van der Waals surface area contributed by atoms with Crippen LogP contribution < -0.4 is 5.32 Å². The zero-order valence-corrected chi connectivity index (χ0v) is 11.3. The van der Waals surface area contributed by atoms with Crippen LogP contribution in [0.4, 0.5) is 0 Å². The van der Waals surface area contributed by atoms with Crippen LogP contribution in [0, 0.1) is 0 Å². The van der Waals surface area contributed by atoms with Gasteiger partial charge in [0.15, 0.2) is 0 Å². The summed E-state index contributed by atoms with van der Waals surface area (Å²) < 4.78 is 1.97. The van der Waals surface area contributed by atoms with E-state index in [9.17, 15) is 0 Å². The summed E-state index contributed by atoms with van der Waals surface area (Å²) in [5.41, 5.74) is 2.48. The van der Waals surface area contributed by atoms with E-state index in [0.29, 0.717) is 0 Å². The minimum Gasteiger partial charge on any atom is -0.310 e. The second kappa shape index (κ2) is 5.53. The predicted molar refractivity (Wildman–Crippen MR) is 75.2 cm³/mol. The minimum absolute atomic E-state index is 0.736. The summed E-state index contributed by atoms with van der Waals surface area (Å²) in [5, 5.41) is 3.56. The highest BCUT2D eigenvalue weighted by Crippen LogP contribution is 2.20. The van der Waals surface area contributed by atoms with Gasteiger partial charge in [-0.2, -0.15) is 0 Å². The summed E-state index contributed by atoms with van der Waals surface area (Å²) in [6, 6.07) is 5.11. The summed E-state index contributed by atoms with van der Waals surface area (Å²) in [5.74, 6) is 0.969. The number of nitrogens with one attached hydrogen (secondary N) is 1. The highest BCUT2D eigenvalue weighted by Gasteiger charge is 2.20. The largest absolute Gasteiger partial charge is 0.310 e. The van der Waals surface area contributed by atoms with Gasteiger partial charge < -0.3 is 5.32 Å². The van der Waals surface area contributed by atoms with Gasteiger partial charge in [0.05, 0.1) is 0 Å². The fraction of sp³-hybridized carbons (Fsp3) is 0.467. The quantitative estimate of drug-likeness (QED) is 0.863. The molecule has 2 aromatic rings. The molecule has 2 aromatic heterocycles. The number of rotatable bonds is 6. The Kier molecular flexibility index (Phi) is 3.60. The van der Waals surface area contributed by atoms with E-state index in [-0.39, 0.29) is 0 Å². The molecule has 4 heteroatoms. The first-order chi connectivity index (χ1) is 9.35. The van der Waals surface area contributed by atoms with Crippen LogP contribution >= 0.6 is 0 Å². The molecule has 2 heterocycles. The van der Waals surface area contributed by atoms with Crippen LogP contribution in [0.1, 0.15) is 37.4 Å². The van der Waals surface area contributed by atoms with Gasteiger partial charge in [-0.15, -0.1) is 0 Å². The van der Waals surface area contributed by atoms with Gasteiger partial charge in [-0.1, -0.05) is 13.3 Å². The second-order valence-corrected chi connectivity index (χ2v) is 5.20. The Morgan fingerprint density at radius 2 is 2.26 bits per heavy atom. The van der Waals surface area contributed by atoms with E-state index in [1.807, 2.05) is 10.8 Å². The zero-order chi connectivity index (χ0) is 13.1. The molecule has 3 rings (SSSR count). The first-order valence-corrected chi connectivity index (χ1v) is 7.06. The lowest BCUT2D eigenvalue weighted by atomic mass is 10.1. The zero-order valence-electron chi connectivity index (χ0n) is 11.3. The first kappa shape index (κ1) is 12.4. The molecule has 0 spiro atoms. The average molecular weight is 256 g/mol. The number of imidazole rings is 1. The van der Waals surface area contributed by atoms with Gasteiger partial charge in [-0.05, 0) is 37.0 Å². The first-order valence-electron chi connectivity index (χ1n) is 7.06. The van der Waals surface area contributed by atoms with Gasteiger partial charge in [0.1, 0.15) is 12.1 Å². The topological polar surface area (TPSA) is 42.7 Å². The standard InChI is InChI=1S/C15H20N4/c1-2-3-14-8-12(10-17-13-4-5-13)9-15(18-14)19-7-6-16-11-19/h6-9,11,13,17H,2-5,10H2,1H3. The van der Waals surface area contributed by atoms with Crippen LogP contribution in [-0.4, -0.2) is 20.6 Å². The molecule has 100 valence electrons. The van der Waals surface area contributed by atoms with Crippen LogP contribution in [0.3, 0.4) is 0 Å². The van der Waals surface area contributed by atoms with Crippen molar-refractivity contribution in [3.05, 3.63) is 42.1 Å². The van der Waals surface area contributed by atoms with E-state index in [2.05, 4.69) is 29.4 Å². The molecule has 0 aromatic carbocycles. The number of hydrogen-bond acceptors (Lipinski definition) is 3. The number of hydrogen-bond donors (Lipinski definition) is 1. The van der Waals surface area contributed by atoms with Gasteiger partial charge in [-0.3, -0.25) is 4.57 Å². The van der Waals surface area contributed by atoms with Crippen molar-refractivity contribution >= 4 is 0 Å². The molecule has 0 aliphatic heterocycles. The van der Waals surface area contributed by atoms with Crippen LogP contribution in [0.25, 0.3) is 5.82 Å². The van der Waals surface area contributed by atoms with E-state index < -0.39 is 0 Å². The van der Waals surface area contributed by atoms with Crippen molar-refractivity contribution in [1.29, 1.82) is 0 Å². The lowest BCUT2D eigenvalue weighted by molar-refractivity contribution is 0.684. The minimum atomic E-state index is 0.736. The normalized spacial score (nSPS) is 14.8. The fourth-order valence-corrected chi connectivity index (χ4v) is 2.20. The molecule has 1 N–H and O–H groups in total. The molecule has 0 bridgehead atoms. The molecule has 4 nitrogen and oxygen atoms in total. The second-order valence-electron chi connectivity index (χ2n) is 5.20. The van der Waals surface area contributed by atoms with E-state index in [4.69, 9.17) is 4.98 Å². The highest BCUT2D eigenvalue weighted by atomic mass is 15.1. The van der Waals surface area contributed by atoms with Crippen molar-refractivity contribution in [1.82, 2.24) is 19.9 Å². The van der Waals surface area contributed by atoms with Gasteiger partial charge in [0.25, 0.3) is 0 Å². The highest BCUT2D eigenvalue weighted by molar-refractivity contribution is 5.31. The third-order valence-corrected chi connectivity index (χ3v) is 3.37. The SMILES string of the molecule is CCCc1cc(CNC2CC2)cc(-n2ccnc2)n1. The lowest BCUT2D eigenvalue weighted by Gasteiger charge is -2.09. The predicted octanol–water partition coefficient (Wildman–Crippen LogP) is 2.47. The smallest absolute Gasteiger partial charge is 0.138 e. The molecule has 0 amide bonds. The third kappa shape index (κ3) is 3.20. The summed E-state index contributed by atoms with van der Waals surface area (Å²) in [6.45, 7) is 3.12. The molecule has 0 radical (unpaired) electrons. The molecule has 0 saturated heterocycles. The summed E-state index contributed by atoms with van der Waals surface area (Å²) >= 11 is 0. The van der Waals surface area contributed by atoms with Crippen molar-refractivity contribution in [3.63, 3.8) is 0 Å². The summed E-state index contributed by atoms with van der Waals surface area (Å²) in [6.07, 6.45) is 10.3. The van der Waals surface area contributed by atoms with Gasteiger partial charge >= 0.3 is 0 Å². The number of nitrogens with zero attached hydrogens (tertiary/aromatic N) is 3. The van der Waals surface area contributed by atoms with E-state index in [1.165, 1.54) is 24.1 Å². The molecule has 19 heavy (non-hydrogen) atoms. The van der Waals surface area contributed by atoms with Gasteiger partial charge in [-0.25, -0.2) is 9.97 Å². The van der Waals surface area contributed by atoms with E-state index >= 15 is 0 Å². The van der Waals surface area contributed by atoms with Crippen molar-refractivity contribution < 1.29 is 0 Å². The summed E-state index contributed by atoms with van der Waals surface area (Å²) in [7, 11) is 0.